The molecule has 3 aliphatic rings. The quantitative estimate of drug-likeness (QED) is 0.0625. The van der Waals surface area contributed by atoms with Crippen molar-refractivity contribution in [1.82, 2.24) is 0 Å². The van der Waals surface area contributed by atoms with Crippen LogP contribution in [0.15, 0.2) is 84.9 Å². The number of unbranched alkanes of at least 4 members (excludes halogenated alkanes) is 2. The van der Waals surface area contributed by atoms with Crippen LogP contribution in [0.2, 0.25) is 0 Å². The van der Waals surface area contributed by atoms with Gasteiger partial charge in [0.15, 0.2) is 5.60 Å². The van der Waals surface area contributed by atoms with Crippen molar-refractivity contribution in [3.05, 3.63) is 123 Å². The lowest BCUT2D eigenvalue weighted by atomic mass is 9.77. The molecule has 4 aromatic carbocycles. The topological polar surface area (TPSA) is 114 Å². The fourth-order valence-corrected chi connectivity index (χ4v) is 6.82. The lowest BCUT2D eigenvalue weighted by Gasteiger charge is -2.36. The monoisotopic (exact) mass is 633 g/mol. The smallest absolute Gasteiger partial charge is 0.340 e. The van der Waals surface area contributed by atoms with E-state index in [4.69, 9.17) is 18.9 Å². The highest BCUT2D eigenvalue weighted by Crippen LogP contribution is 2.57. The predicted octanol–water partition coefficient (Wildman–Crippen LogP) is 8.30. The van der Waals surface area contributed by atoms with E-state index in [0.717, 1.165) is 37.7 Å². The number of para-hydroxylation sites is 1. The zero-order valence-corrected chi connectivity index (χ0v) is 26.1. The standard InChI is InChI=1S/C38H35NO8/c1-24(40)9-3-2-4-10-25-19-27(25)23-45-29-16-18-33-36(21-29)46-35-20-28(44-22-26-11-5-8-14-34(26)39(42)43)15-17-32(35)38(33)31-13-7-6-12-30(31)37(41)47-38/h5-8,11-18,20-21,25,27H,2-4,9-10,19,22-23H2,1H3. The van der Waals surface area contributed by atoms with Crippen molar-refractivity contribution >= 4 is 17.4 Å². The van der Waals surface area contributed by atoms with Crippen LogP contribution in [0.5, 0.6) is 23.0 Å². The minimum atomic E-state index is -1.23. The number of ketones is 1. The van der Waals surface area contributed by atoms with Gasteiger partial charge in [-0.25, -0.2) is 4.79 Å². The van der Waals surface area contributed by atoms with E-state index in [0.29, 0.717) is 70.1 Å². The van der Waals surface area contributed by atoms with Crippen LogP contribution < -0.4 is 14.2 Å². The summed E-state index contributed by atoms with van der Waals surface area (Å²) >= 11 is 0. The molecule has 7 rings (SSSR count). The van der Waals surface area contributed by atoms with E-state index < -0.39 is 16.5 Å². The number of benzene rings is 4. The van der Waals surface area contributed by atoms with Gasteiger partial charge in [0.05, 0.1) is 22.7 Å². The number of hydrogen-bond acceptors (Lipinski definition) is 8. The largest absolute Gasteiger partial charge is 0.493 e. The summed E-state index contributed by atoms with van der Waals surface area (Å²) in [5, 5.41) is 11.5. The second kappa shape index (κ2) is 12.5. The minimum Gasteiger partial charge on any atom is -0.493 e. The first-order valence-corrected chi connectivity index (χ1v) is 16.1. The van der Waals surface area contributed by atoms with E-state index in [1.165, 1.54) is 6.07 Å². The van der Waals surface area contributed by atoms with E-state index in [9.17, 15) is 19.7 Å². The van der Waals surface area contributed by atoms with Crippen molar-refractivity contribution in [3.8, 4) is 23.0 Å². The highest BCUT2D eigenvalue weighted by molar-refractivity contribution is 5.97. The van der Waals surface area contributed by atoms with Crippen LogP contribution in [0.1, 0.15) is 78.1 Å². The third-order valence-corrected chi connectivity index (χ3v) is 9.38. The van der Waals surface area contributed by atoms with Crippen molar-refractivity contribution in [2.75, 3.05) is 6.61 Å². The average molecular weight is 634 g/mol. The molecule has 0 N–H and O–H groups in total. The van der Waals surface area contributed by atoms with Gasteiger partial charge in [0.1, 0.15) is 35.4 Å². The number of nitro benzene ring substituents is 1. The van der Waals surface area contributed by atoms with Gasteiger partial charge in [-0.05, 0) is 68.0 Å². The molecule has 3 unspecified atom stereocenters. The number of fused-ring (bicyclic) bond motifs is 6. The molecule has 240 valence electrons. The third kappa shape index (κ3) is 5.93. The molecule has 1 aliphatic carbocycles. The number of ether oxygens (including phenoxy) is 4. The molecule has 9 heteroatoms. The highest BCUT2D eigenvalue weighted by Gasteiger charge is 2.53. The molecule has 3 atom stereocenters. The van der Waals surface area contributed by atoms with E-state index in [2.05, 4.69) is 0 Å². The highest BCUT2D eigenvalue weighted by atomic mass is 16.6. The zero-order valence-electron chi connectivity index (χ0n) is 26.1. The number of nitro groups is 1. The Morgan fingerprint density at radius 3 is 2.32 bits per heavy atom. The molecule has 2 heterocycles. The summed E-state index contributed by atoms with van der Waals surface area (Å²) in [6.07, 6.45) is 6.16. The van der Waals surface area contributed by atoms with Crippen molar-refractivity contribution in [1.29, 1.82) is 0 Å². The van der Waals surface area contributed by atoms with Crippen LogP contribution in [0.3, 0.4) is 0 Å². The molecule has 0 bridgehead atoms. The van der Waals surface area contributed by atoms with Gasteiger partial charge in [-0.1, -0.05) is 49.6 Å². The number of carbonyl (C=O) groups excluding carboxylic acids is 2. The average Bonchev–Trinajstić information content (AvgIpc) is 3.76. The Morgan fingerprint density at radius 1 is 0.872 bits per heavy atom. The summed E-state index contributed by atoms with van der Waals surface area (Å²) in [7, 11) is 0. The second-order valence-electron chi connectivity index (χ2n) is 12.6. The number of hydrogen-bond donors (Lipinski definition) is 0. The first kappa shape index (κ1) is 30.5. The number of nitrogens with zero attached hydrogens (tertiary/aromatic N) is 1. The third-order valence-electron chi connectivity index (χ3n) is 9.38. The number of carbonyl (C=O) groups is 2. The Balaban J connectivity index is 1.12. The SMILES string of the molecule is CC(=O)CCCCCC1CC1COc1ccc2c(c1)Oc1cc(OCc3ccccc3[N+](=O)[O-])ccc1C21OC(=O)c2ccccc21. The summed E-state index contributed by atoms with van der Waals surface area (Å²) in [4.78, 5) is 35.4. The van der Waals surface area contributed by atoms with Crippen LogP contribution in [0.25, 0.3) is 0 Å². The van der Waals surface area contributed by atoms with E-state index >= 15 is 0 Å². The molecular formula is C38H35NO8. The molecule has 0 saturated heterocycles. The van der Waals surface area contributed by atoms with Crippen molar-refractivity contribution in [2.45, 2.75) is 57.7 Å². The molecule has 9 nitrogen and oxygen atoms in total. The lowest BCUT2D eigenvalue weighted by molar-refractivity contribution is -0.385. The van der Waals surface area contributed by atoms with Crippen molar-refractivity contribution in [2.24, 2.45) is 11.8 Å². The Morgan fingerprint density at radius 2 is 1.57 bits per heavy atom. The molecule has 1 saturated carbocycles. The van der Waals surface area contributed by atoms with Crippen LogP contribution in [0.4, 0.5) is 5.69 Å². The zero-order chi connectivity index (χ0) is 32.5. The minimum absolute atomic E-state index is 0.00590. The Labute approximate surface area is 272 Å². The molecule has 0 radical (unpaired) electrons. The van der Waals surface area contributed by atoms with Gasteiger partial charge in [0.25, 0.3) is 5.69 Å². The maximum atomic E-state index is 13.2. The fourth-order valence-electron chi connectivity index (χ4n) is 6.82. The summed E-state index contributed by atoms with van der Waals surface area (Å²) in [5.74, 6) is 3.07. The van der Waals surface area contributed by atoms with Gasteiger partial charge in [-0.15, -0.1) is 0 Å². The first-order chi connectivity index (χ1) is 22.8. The van der Waals surface area contributed by atoms with E-state index in [1.54, 1.807) is 43.3 Å². The van der Waals surface area contributed by atoms with Gasteiger partial charge in [-0.3, -0.25) is 10.1 Å². The summed E-state index contributed by atoms with van der Waals surface area (Å²) in [6, 6.07) is 24.8. The normalized spacial score (nSPS) is 20.0. The molecule has 1 fully saturated rings. The van der Waals surface area contributed by atoms with E-state index in [-0.39, 0.29) is 18.1 Å². The Kier molecular flexibility index (Phi) is 8.14. The van der Waals surface area contributed by atoms with E-state index in [1.807, 2.05) is 42.5 Å². The molecule has 1 spiro atoms. The molecular weight excluding hydrogens is 598 g/mol. The van der Waals surface area contributed by atoms with Crippen LogP contribution in [0, 0.1) is 22.0 Å². The second-order valence-corrected chi connectivity index (χ2v) is 12.6. The molecule has 47 heavy (non-hydrogen) atoms. The van der Waals surface area contributed by atoms with Crippen LogP contribution in [-0.4, -0.2) is 23.3 Å². The van der Waals surface area contributed by atoms with Gasteiger partial charge >= 0.3 is 5.97 Å². The predicted molar refractivity (Wildman–Crippen MR) is 173 cm³/mol. The summed E-state index contributed by atoms with van der Waals surface area (Å²) < 4.78 is 25.0. The maximum Gasteiger partial charge on any atom is 0.340 e. The van der Waals surface area contributed by atoms with Crippen molar-refractivity contribution in [3.63, 3.8) is 0 Å². The van der Waals surface area contributed by atoms with Crippen LogP contribution >= 0.6 is 0 Å². The lowest BCUT2D eigenvalue weighted by Crippen LogP contribution is -2.33. The molecule has 4 aromatic rings. The Hall–Kier alpha value is -5.18. The summed E-state index contributed by atoms with van der Waals surface area (Å²) in [5.41, 5.74) is 1.77. The molecule has 0 amide bonds. The first-order valence-electron chi connectivity index (χ1n) is 16.1. The molecule has 2 aliphatic heterocycles. The maximum absolute atomic E-state index is 13.2. The van der Waals surface area contributed by atoms with Gasteiger partial charge < -0.3 is 23.7 Å². The fraction of sp³-hybridized carbons (Fsp3) is 0.316. The number of esters is 1. The van der Waals surface area contributed by atoms with Crippen molar-refractivity contribution < 1.29 is 33.5 Å². The number of rotatable bonds is 13. The number of Topliss-reactive ketones (excluding diaryl/α,β-unsaturated/α-hetero) is 1. The van der Waals surface area contributed by atoms with Gasteiger partial charge in [-0.2, -0.15) is 0 Å². The van der Waals surface area contributed by atoms with Gasteiger partial charge in [0, 0.05) is 41.3 Å². The van der Waals surface area contributed by atoms with Gasteiger partial charge in [0.2, 0.25) is 0 Å². The van der Waals surface area contributed by atoms with Crippen LogP contribution in [-0.2, 0) is 21.7 Å². The summed E-state index contributed by atoms with van der Waals surface area (Å²) in [6.45, 7) is 2.25. The Bertz CT molecular complexity index is 1870. The molecule has 0 aromatic heterocycles.